The number of nitrogens with one attached hydrogen (secondary N) is 2. The van der Waals surface area contributed by atoms with Crippen molar-refractivity contribution in [1.82, 2.24) is 9.88 Å². The van der Waals surface area contributed by atoms with E-state index in [4.69, 9.17) is 14.8 Å². The van der Waals surface area contributed by atoms with Gasteiger partial charge < -0.3 is 19.4 Å². The van der Waals surface area contributed by atoms with Crippen LogP contribution in [0.5, 0.6) is 0 Å². The van der Waals surface area contributed by atoms with Crippen molar-refractivity contribution in [1.29, 1.82) is 5.26 Å². The second-order valence-corrected chi connectivity index (χ2v) is 9.07. The fourth-order valence-corrected chi connectivity index (χ4v) is 4.85. The van der Waals surface area contributed by atoms with Gasteiger partial charge in [0.25, 0.3) is 0 Å². The molecule has 1 saturated heterocycles. The Kier molecular flexibility index (Phi) is 6.60. The zero-order valence-corrected chi connectivity index (χ0v) is 19.8. The normalized spacial score (nSPS) is 14.2. The molecule has 1 fully saturated rings. The molecule has 3 heterocycles. The van der Waals surface area contributed by atoms with Crippen LogP contribution in [-0.2, 0) is 6.42 Å². The molecule has 1 aliphatic rings. The summed E-state index contributed by atoms with van der Waals surface area (Å²) in [5, 5.41) is 22.0. The summed E-state index contributed by atoms with van der Waals surface area (Å²) < 4.78 is 5.25. The summed E-state index contributed by atoms with van der Waals surface area (Å²) in [5.41, 5.74) is 3.68. The molecule has 3 N–H and O–H groups in total. The van der Waals surface area contributed by atoms with E-state index in [9.17, 15) is 9.59 Å². The van der Waals surface area contributed by atoms with Gasteiger partial charge >= 0.3 is 11.7 Å². The van der Waals surface area contributed by atoms with Gasteiger partial charge in [0, 0.05) is 54.4 Å². The molecular weight excluding hydrogens is 458 g/mol. The Labute approximate surface area is 207 Å². The summed E-state index contributed by atoms with van der Waals surface area (Å²) in [6.07, 6.45) is 3.94. The average Bonchev–Trinajstić information content (AvgIpc) is 3.29. The van der Waals surface area contributed by atoms with Gasteiger partial charge in [-0.1, -0.05) is 0 Å². The summed E-state index contributed by atoms with van der Waals surface area (Å²) >= 11 is 0. The lowest BCUT2D eigenvalue weighted by molar-refractivity contribution is 0.209. The molecule has 1 amide bonds. The highest BCUT2D eigenvalue weighted by atomic mass is 16.4. The molecule has 0 radical (unpaired) electrons. The molecule has 0 spiro atoms. The van der Waals surface area contributed by atoms with Crippen molar-refractivity contribution in [3.05, 3.63) is 70.2 Å². The first-order chi connectivity index (χ1) is 17.5. The Hall–Kier alpha value is -4.29. The summed E-state index contributed by atoms with van der Waals surface area (Å²) in [4.78, 5) is 30.9. The molecule has 0 bridgehead atoms. The van der Waals surface area contributed by atoms with Crippen LogP contribution in [0.25, 0.3) is 21.9 Å². The van der Waals surface area contributed by atoms with E-state index in [1.54, 1.807) is 6.07 Å². The maximum absolute atomic E-state index is 11.9. The number of hydrogen-bond donors (Lipinski definition) is 3. The fourth-order valence-electron chi connectivity index (χ4n) is 4.85. The van der Waals surface area contributed by atoms with Crippen LogP contribution in [0.2, 0.25) is 0 Å². The minimum Gasteiger partial charge on any atom is -0.465 e. The number of benzene rings is 2. The number of aryl methyl sites for hydroxylation is 1. The zero-order valence-electron chi connectivity index (χ0n) is 19.8. The second-order valence-electron chi connectivity index (χ2n) is 9.07. The van der Waals surface area contributed by atoms with E-state index in [1.165, 1.54) is 11.6 Å². The summed E-state index contributed by atoms with van der Waals surface area (Å²) in [6.45, 7) is 4.76. The molecule has 9 heteroatoms. The van der Waals surface area contributed by atoms with Gasteiger partial charge in [-0.05, 0) is 73.8 Å². The van der Waals surface area contributed by atoms with Crippen molar-refractivity contribution in [2.24, 2.45) is 0 Å². The maximum atomic E-state index is 11.9. The smallest absolute Gasteiger partial charge is 0.409 e. The number of rotatable bonds is 7. The number of aromatic amines is 1. The van der Waals surface area contributed by atoms with Crippen LogP contribution in [0, 0.1) is 11.3 Å². The largest absolute Gasteiger partial charge is 0.465 e. The molecule has 2 aromatic carbocycles. The Bertz CT molecular complexity index is 1510. The monoisotopic (exact) mass is 485 g/mol. The van der Waals surface area contributed by atoms with Crippen LogP contribution in [0.3, 0.4) is 0 Å². The highest BCUT2D eigenvalue weighted by Gasteiger charge is 2.18. The van der Waals surface area contributed by atoms with E-state index in [-0.39, 0.29) is 5.69 Å². The quantitative estimate of drug-likeness (QED) is 0.262. The van der Waals surface area contributed by atoms with Gasteiger partial charge in [-0.15, -0.1) is 0 Å². The van der Waals surface area contributed by atoms with Gasteiger partial charge in [0.1, 0.15) is 11.3 Å². The number of H-pyrrole nitrogens is 1. The number of anilines is 2. The van der Waals surface area contributed by atoms with E-state index in [0.29, 0.717) is 16.5 Å². The number of carbonyl (C=O) groups is 1. The van der Waals surface area contributed by atoms with Crippen LogP contribution in [0.15, 0.2) is 57.9 Å². The van der Waals surface area contributed by atoms with Crippen LogP contribution >= 0.6 is 0 Å². The van der Waals surface area contributed by atoms with Crippen LogP contribution < -0.4 is 15.8 Å². The van der Waals surface area contributed by atoms with Crippen LogP contribution in [0.4, 0.5) is 16.2 Å². The van der Waals surface area contributed by atoms with E-state index in [1.807, 2.05) is 30.3 Å². The Morgan fingerprint density at radius 2 is 1.94 bits per heavy atom. The molecule has 184 valence electrons. The molecule has 0 unspecified atom stereocenters. The molecule has 0 saturated carbocycles. The first-order valence-corrected chi connectivity index (χ1v) is 12.1. The topological polar surface area (TPSA) is 126 Å². The van der Waals surface area contributed by atoms with Crippen molar-refractivity contribution < 1.29 is 14.3 Å². The lowest BCUT2D eigenvalue weighted by Crippen LogP contribution is -2.46. The number of amides is 1. The van der Waals surface area contributed by atoms with Gasteiger partial charge in [0.2, 0.25) is 0 Å². The molecule has 4 aromatic rings. The number of nitrogens with zero attached hydrogens (tertiary/aromatic N) is 3. The molecule has 2 aromatic heterocycles. The van der Waals surface area contributed by atoms with Crippen molar-refractivity contribution in [3.63, 3.8) is 0 Å². The van der Waals surface area contributed by atoms with Crippen LogP contribution in [0.1, 0.15) is 24.0 Å². The molecule has 0 atom stereocenters. The first kappa shape index (κ1) is 23.5. The molecule has 36 heavy (non-hydrogen) atoms. The van der Waals surface area contributed by atoms with Gasteiger partial charge in [-0.25, -0.2) is 9.59 Å². The van der Waals surface area contributed by atoms with Crippen molar-refractivity contribution in [2.75, 3.05) is 42.9 Å². The van der Waals surface area contributed by atoms with E-state index in [2.05, 4.69) is 32.4 Å². The zero-order chi connectivity index (χ0) is 25.1. The standard InChI is InChI=1S/C27H27N5O4/c28-16-18-4-6-23-22(13-18)19(17-29-23)3-1-2-8-31-9-11-32(12-10-31)21-5-7-25-20(14-21)15-24(26(33)36-25)30-27(34)35/h4-7,13-15,17,29-30H,1-3,8-12H2,(H,34,35). The number of unbranched alkanes of at least 4 members (excludes halogenated alkanes) is 1. The summed E-state index contributed by atoms with van der Waals surface area (Å²) in [6, 6.07) is 15.1. The minimum absolute atomic E-state index is 0.0879. The highest BCUT2D eigenvalue weighted by Crippen LogP contribution is 2.25. The molecule has 5 rings (SSSR count). The van der Waals surface area contributed by atoms with E-state index in [0.717, 1.165) is 68.6 Å². The molecule has 9 nitrogen and oxygen atoms in total. The number of aromatic nitrogens is 1. The maximum Gasteiger partial charge on any atom is 0.409 e. The lowest BCUT2D eigenvalue weighted by atomic mass is 10.1. The number of carboxylic acid groups (broad SMARTS) is 1. The number of hydrogen-bond acceptors (Lipinski definition) is 6. The SMILES string of the molecule is N#Cc1ccc2[nH]cc(CCCCN3CCN(c4ccc5oc(=O)c(NC(=O)O)cc5c4)CC3)c2c1. The summed E-state index contributed by atoms with van der Waals surface area (Å²) in [7, 11) is 0. The van der Waals surface area contributed by atoms with Crippen molar-refractivity contribution >= 4 is 39.3 Å². The van der Waals surface area contributed by atoms with Gasteiger partial charge in [0.15, 0.2) is 0 Å². The van der Waals surface area contributed by atoms with Gasteiger partial charge in [0.05, 0.1) is 11.6 Å². The predicted octanol–water partition coefficient (Wildman–Crippen LogP) is 4.38. The predicted molar refractivity (Wildman–Crippen MR) is 139 cm³/mol. The Morgan fingerprint density at radius 3 is 2.72 bits per heavy atom. The average molecular weight is 486 g/mol. The third kappa shape index (κ3) is 5.04. The Balaban J connectivity index is 1.13. The van der Waals surface area contributed by atoms with Gasteiger partial charge in [-0.2, -0.15) is 5.26 Å². The summed E-state index contributed by atoms with van der Waals surface area (Å²) in [5.74, 6) is 0. The van der Waals surface area contributed by atoms with Crippen molar-refractivity contribution in [3.8, 4) is 6.07 Å². The van der Waals surface area contributed by atoms with Crippen molar-refractivity contribution in [2.45, 2.75) is 19.3 Å². The fraction of sp³-hybridized carbons (Fsp3) is 0.296. The molecule has 1 aliphatic heterocycles. The highest BCUT2D eigenvalue weighted by molar-refractivity contribution is 5.88. The molecular formula is C27H27N5O4. The molecule has 0 aliphatic carbocycles. The van der Waals surface area contributed by atoms with Crippen LogP contribution in [-0.4, -0.2) is 53.8 Å². The van der Waals surface area contributed by atoms with Gasteiger partial charge in [-0.3, -0.25) is 10.2 Å². The Morgan fingerprint density at radius 1 is 1.11 bits per heavy atom. The number of fused-ring (bicyclic) bond motifs is 2. The minimum atomic E-state index is -1.30. The third-order valence-corrected chi connectivity index (χ3v) is 6.76. The lowest BCUT2D eigenvalue weighted by Gasteiger charge is -2.36. The first-order valence-electron chi connectivity index (χ1n) is 12.1. The van der Waals surface area contributed by atoms with E-state index < -0.39 is 11.7 Å². The third-order valence-electron chi connectivity index (χ3n) is 6.76. The number of nitriles is 1. The second kappa shape index (κ2) is 10.1. The number of piperazine rings is 1. The van der Waals surface area contributed by atoms with E-state index >= 15 is 0 Å².